The summed E-state index contributed by atoms with van der Waals surface area (Å²) in [4.78, 5) is 3.94. The molecular formula is C10H14ClN3. The van der Waals surface area contributed by atoms with Crippen LogP contribution in [0, 0.1) is 0 Å². The molecule has 76 valence electrons. The molecule has 0 aliphatic rings. The van der Waals surface area contributed by atoms with E-state index >= 15 is 0 Å². The van der Waals surface area contributed by atoms with Crippen molar-refractivity contribution in [2.75, 3.05) is 5.73 Å². The summed E-state index contributed by atoms with van der Waals surface area (Å²) in [6, 6.07) is 1.95. The second kappa shape index (κ2) is 4.98. The summed E-state index contributed by atoms with van der Waals surface area (Å²) >= 11 is 5.81. The third kappa shape index (κ3) is 3.36. The van der Waals surface area contributed by atoms with Gasteiger partial charge in [0.2, 0.25) is 0 Å². The lowest BCUT2D eigenvalue weighted by molar-refractivity contribution is 0.759. The third-order valence-corrected chi connectivity index (χ3v) is 2.01. The smallest absolute Gasteiger partial charge is 0.142 e. The fourth-order valence-corrected chi connectivity index (χ4v) is 1.15. The first-order valence-electron chi connectivity index (χ1n) is 4.42. The molecule has 0 aromatic carbocycles. The van der Waals surface area contributed by atoms with Gasteiger partial charge in [-0.1, -0.05) is 23.8 Å². The van der Waals surface area contributed by atoms with Crippen molar-refractivity contribution in [3.63, 3.8) is 0 Å². The van der Waals surface area contributed by atoms with Gasteiger partial charge in [0.25, 0.3) is 0 Å². The standard InChI is InChI=1S/C10H14ClN3/c1-7(12)3-2-4-8-5-9(11)10(13)14-6-8/h2,4-7H,3,12H2,1H3,(H2,13,14)/b4-2+/t7-/m0/s1. The minimum absolute atomic E-state index is 0.170. The SMILES string of the molecule is C[C@H](N)C/C=C/c1cnc(N)c(Cl)c1. The number of pyridine rings is 1. The van der Waals surface area contributed by atoms with Crippen LogP contribution in [0.25, 0.3) is 6.08 Å². The van der Waals surface area contributed by atoms with Crippen LogP contribution in [0.15, 0.2) is 18.3 Å². The average Bonchev–Trinajstić information content (AvgIpc) is 2.10. The van der Waals surface area contributed by atoms with Crippen molar-refractivity contribution in [3.8, 4) is 0 Å². The van der Waals surface area contributed by atoms with Crippen LogP contribution in [0.2, 0.25) is 5.02 Å². The number of hydrogen-bond donors (Lipinski definition) is 2. The second-order valence-corrected chi connectivity index (χ2v) is 3.66. The van der Waals surface area contributed by atoms with E-state index < -0.39 is 0 Å². The molecule has 0 radical (unpaired) electrons. The molecule has 1 aromatic rings. The molecule has 14 heavy (non-hydrogen) atoms. The number of hydrogen-bond acceptors (Lipinski definition) is 3. The zero-order valence-electron chi connectivity index (χ0n) is 8.07. The van der Waals surface area contributed by atoms with Crippen LogP contribution in [-0.2, 0) is 0 Å². The number of nitrogens with zero attached hydrogens (tertiary/aromatic N) is 1. The Bertz CT molecular complexity index is 334. The fourth-order valence-electron chi connectivity index (χ4n) is 0.973. The van der Waals surface area contributed by atoms with Crippen LogP contribution in [0.4, 0.5) is 5.82 Å². The second-order valence-electron chi connectivity index (χ2n) is 3.25. The molecule has 0 amide bonds. The van der Waals surface area contributed by atoms with Crippen molar-refractivity contribution in [1.82, 2.24) is 4.98 Å². The summed E-state index contributed by atoms with van der Waals surface area (Å²) in [5.74, 6) is 0.357. The van der Waals surface area contributed by atoms with Crippen LogP contribution >= 0.6 is 11.6 Å². The number of halogens is 1. The Hall–Kier alpha value is -1.06. The number of nitrogens with two attached hydrogens (primary N) is 2. The Balaban J connectivity index is 2.68. The van der Waals surface area contributed by atoms with Crippen molar-refractivity contribution in [2.45, 2.75) is 19.4 Å². The molecule has 1 atom stereocenters. The molecule has 0 spiro atoms. The Morgan fingerprint density at radius 3 is 2.93 bits per heavy atom. The van der Waals surface area contributed by atoms with Crippen LogP contribution < -0.4 is 11.5 Å². The minimum Gasteiger partial charge on any atom is -0.382 e. The molecule has 0 bridgehead atoms. The van der Waals surface area contributed by atoms with Gasteiger partial charge in [-0.05, 0) is 25.0 Å². The molecule has 0 saturated carbocycles. The molecule has 1 heterocycles. The maximum atomic E-state index is 5.81. The summed E-state index contributed by atoms with van der Waals surface area (Å²) in [5, 5.41) is 0.480. The molecule has 3 nitrogen and oxygen atoms in total. The number of rotatable bonds is 3. The Kier molecular flexibility index (Phi) is 3.92. The van der Waals surface area contributed by atoms with E-state index in [2.05, 4.69) is 4.98 Å². The first-order chi connectivity index (χ1) is 6.59. The van der Waals surface area contributed by atoms with E-state index in [1.54, 1.807) is 12.3 Å². The monoisotopic (exact) mass is 211 g/mol. The fraction of sp³-hybridized carbons (Fsp3) is 0.300. The minimum atomic E-state index is 0.170. The Morgan fingerprint density at radius 1 is 1.64 bits per heavy atom. The molecule has 0 fully saturated rings. The van der Waals surface area contributed by atoms with E-state index in [4.69, 9.17) is 23.1 Å². The summed E-state index contributed by atoms with van der Waals surface area (Å²) in [7, 11) is 0. The van der Waals surface area contributed by atoms with Gasteiger partial charge in [-0.2, -0.15) is 0 Å². The van der Waals surface area contributed by atoms with Crippen molar-refractivity contribution in [2.24, 2.45) is 5.73 Å². The van der Waals surface area contributed by atoms with Crippen LogP contribution in [0.3, 0.4) is 0 Å². The van der Waals surface area contributed by atoms with Crippen molar-refractivity contribution in [1.29, 1.82) is 0 Å². The van der Waals surface area contributed by atoms with Crippen LogP contribution in [0.1, 0.15) is 18.9 Å². The van der Waals surface area contributed by atoms with E-state index in [-0.39, 0.29) is 6.04 Å². The van der Waals surface area contributed by atoms with Gasteiger partial charge >= 0.3 is 0 Å². The largest absolute Gasteiger partial charge is 0.382 e. The molecular weight excluding hydrogens is 198 g/mol. The average molecular weight is 212 g/mol. The molecule has 1 aromatic heterocycles. The normalized spacial score (nSPS) is 13.4. The van der Waals surface area contributed by atoms with E-state index in [9.17, 15) is 0 Å². The van der Waals surface area contributed by atoms with Gasteiger partial charge < -0.3 is 11.5 Å². The molecule has 4 N–H and O–H groups in total. The molecule has 0 saturated heterocycles. The predicted molar refractivity (Wildman–Crippen MR) is 61.0 cm³/mol. The zero-order chi connectivity index (χ0) is 10.6. The highest BCUT2D eigenvalue weighted by Gasteiger charge is 1.96. The predicted octanol–water partition coefficient (Wildman–Crippen LogP) is 2.07. The highest BCUT2D eigenvalue weighted by molar-refractivity contribution is 6.32. The molecule has 4 heteroatoms. The number of aromatic nitrogens is 1. The maximum absolute atomic E-state index is 5.81. The van der Waals surface area contributed by atoms with Gasteiger partial charge in [0.05, 0.1) is 5.02 Å². The quantitative estimate of drug-likeness (QED) is 0.805. The number of anilines is 1. The van der Waals surface area contributed by atoms with Crippen LogP contribution in [0.5, 0.6) is 0 Å². The van der Waals surface area contributed by atoms with Gasteiger partial charge in [-0.25, -0.2) is 4.98 Å². The summed E-state index contributed by atoms with van der Waals surface area (Å²) < 4.78 is 0. The third-order valence-electron chi connectivity index (χ3n) is 1.71. The van der Waals surface area contributed by atoms with Crippen molar-refractivity contribution in [3.05, 3.63) is 28.9 Å². The van der Waals surface area contributed by atoms with Crippen molar-refractivity contribution >= 4 is 23.5 Å². The molecule has 0 aliphatic carbocycles. The van der Waals surface area contributed by atoms with E-state index in [0.717, 1.165) is 12.0 Å². The summed E-state index contributed by atoms with van der Waals surface area (Å²) in [5.41, 5.74) is 12.0. The highest BCUT2D eigenvalue weighted by atomic mass is 35.5. The molecule has 1 rings (SSSR count). The van der Waals surface area contributed by atoms with Crippen molar-refractivity contribution < 1.29 is 0 Å². The highest BCUT2D eigenvalue weighted by Crippen LogP contribution is 2.17. The first kappa shape index (κ1) is 11.0. The zero-order valence-corrected chi connectivity index (χ0v) is 8.83. The first-order valence-corrected chi connectivity index (χ1v) is 4.80. The van der Waals surface area contributed by atoms with Crippen LogP contribution in [-0.4, -0.2) is 11.0 Å². The lowest BCUT2D eigenvalue weighted by atomic mass is 10.2. The summed E-state index contributed by atoms with van der Waals surface area (Å²) in [6.07, 6.45) is 6.44. The number of nitrogen functional groups attached to an aromatic ring is 1. The Morgan fingerprint density at radius 2 is 2.36 bits per heavy atom. The lowest BCUT2D eigenvalue weighted by Gasteiger charge is -1.99. The van der Waals surface area contributed by atoms with Gasteiger partial charge in [0, 0.05) is 12.2 Å². The van der Waals surface area contributed by atoms with E-state index in [0.29, 0.717) is 10.8 Å². The van der Waals surface area contributed by atoms with Gasteiger partial charge in [-0.3, -0.25) is 0 Å². The maximum Gasteiger partial charge on any atom is 0.142 e. The Labute approximate surface area is 88.8 Å². The molecule has 0 aliphatic heterocycles. The van der Waals surface area contributed by atoms with Gasteiger partial charge in [0.15, 0.2) is 0 Å². The van der Waals surface area contributed by atoms with E-state index in [1.807, 2.05) is 19.1 Å². The lowest BCUT2D eigenvalue weighted by Crippen LogP contribution is -2.12. The van der Waals surface area contributed by atoms with Gasteiger partial charge in [-0.15, -0.1) is 0 Å². The molecule has 0 unspecified atom stereocenters. The summed E-state index contributed by atoms with van der Waals surface area (Å²) in [6.45, 7) is 1.96. The topological polar surface area (TPSA) is 64.9 Å². The van der Waals surface area contributed by atoms with E-state index in [1.165, 1.54) is 0 Å². The van der Waals surface area contributed by atoms with Gasteiger partial charge in [0.1, 0.15) is 5.82 Å².